The summed E-state index contributed by atoms with van der Waals surface area (Å²) in [4.78, 5) is 4.66. The normalized spacial score (nSPS) is 23.8. The number of rotatable bonds is 4. The Bertz CT molecular complexity index is 830. The summed E-state index contributed by atoms with van der Waals surface area (Å²) in [6.07, 6.45) is 7.08. The monoisotopic (exact) mass is 385 g/mol. The first-order valence-electron chi connectivity index (χ1n) is 9.87. The lowest BCUT2D eigenvalue weighted by Crippen LogP contribution is -2.41. The van der Waals surface area contributed by atoms with Crippen LogP contribution in [0.3, 0.4) is 0 Å². The molecule has 150 valence electrons. The highest BCUT2D eigenvalue weighted by Crippen LogP contribution is 2.37. The number of hydrogen-bond acceptors (Lipinski definition) is 6. The van der Waals surface area contributed by atoms with Gasteiger partial charge >= 0.3 is 7.12 Å². The van der Waals surface area contributed by atoms with Gasteiger partial charge in [0, 0.05) is 23.9 Å². The zero-order chi connectivity index (χ0) is 19.9. The van der Waals surface area contributed by atoms with Gasteiger partial charge in [0.1, 0.15) is 6.23 Å². The van der Waals surface area contributed by atoms with Gasteiger partial charge in [0.05, 0.1) is 30.1 Å². The smallest absolute Gasteiger partial charge is 0.481 e. The Labute approximate surface area is 166 Å². The molecular weight excluding hydrogens is 357 g/mol. The number of hydrogen-bond donors (Lipinski definition) is 0. The second kappa shape index (κ2) is 7.17. The molecule has 4 rings (SSSR count). The van der Waals surface area contributed by atoms with E-state index >= 15 is 0 Å². The number of nitrogens with zero attached hydrogens (tertiary/aromatic N) is 3. The molecule has 2 aromatic heterocycles. The highest BCUT2D eigenvalue weighted by atomic mass is 16.7. The Morgan fingerprint density at radius 3 is 2.54 bits per heavy atom. The molecule has 28 heavy (non-hydrogen) atoms. The van der Waals surface area contributed by atoms with E-state index in [0.29, 0.717) is 11.5 Å². The van der Waals surface area contributed by atoms with Crippen LogP contribution in [0.4, 0.5) is 0 Å². The molecule has 4 heterocycles. The maximum absolute atomic E-state index is 6.11. The average molecular weight is 385 g/mol. The first-order valence-corrected chi connectivity index (χ1v) is 9.87. The van der Waals surface area contributed by atoms with Gasteiger partial charge in [0.15, 0.2) is 0 Å². The Balaban J connectivity index is 1.59. The summed E-state index contributed by atoms with van der Waals surface area (Å²) in [6.45, 7) is 8.90. The van der Waals surface area contributed by atoms with Crippen LogP contribution >= 0.6 is 0 Å². The molecule has 0 bridgehead atoms. The van der Waals surface area contributed by atoms with Gasteiger partial charge in [0.2, 0.25) is 5.88 Å². The molecule has 2 fully saturated rings. The van der Waals surface area contributed by atoms with Gasteiger partial charge in [-0.2, -0.15) is 5.10 Å². The van der Waals surface area contributed by atoms with Gasteiger partial charge in [-0.25, -0.2) is 9.67 Å². The molecule has 0 N–H and O–H groups in total. The maximum Gasteiger partial charge on any atom is 0.514 e. The summed E-state index contributed by atoms with van der Waals surface area (Å²) in [5.74, 6) is 0.524. The van der Waals surface area contributed by atoms with E-state index in [1.807, 2.05) is 56.9 Å². The van der Waals surface area contributed by atoms with Crippen molar-refractivity contribution in [2.24, 2.45) is 0 Å². The predicted molar refractivity (Wildman–Crippen MR) is 107 cm³/mol. The quantitative estimate of drug-likeness (QED) is 0.754. The van der Waals surface area contributed by atoms with Crippen LogP contribution in [-0.2, 0) is 14.0 Å². The molecule has 0 radical (unpaired) electrons. The number of ether oxygens (including phenoxy) is 2. The molecule has 0 aromatic carbocycles. The van der Waals surface area contributed by atoms with Crippen molar-refractivity contribution in [1.82, 2.24) is 14.8 Å². The van der Waals surface area contributed by atoms with Gasteiger partial charge in [-0.1, -0.05) is 0 Å². The lowest BCUT2D eigenvalue weighted by Gasteiger charge is -2.32. The van der Waals surface area contributed by atoms with E-state index in [-0.39, 0.29) is 6.23 Å². The molecule has 2 aliphatic heterocycles. The van der Waals surface area contributed by atoms with Crippen LogP contribution in [0.2, 0.25) is 0 Å². The van der Waals surface area contributed by atoms with Crippen molar-refractivity contribution in [2.45, 2.75) is 64.4 Å². The summed E-state index contributed by atoms with van der Waals surface area (Å²) < 4.78 is 25.5. The zero-order valence-electron chi connectivity index (χ0n) is 17.3. The lowest BCUT2D eigenvalue weighted by molar-refractivity contribution is -0.0394. The van der Waals surface area contributed by atoms with Gasteiger partial charge in [-0.15, -0.1) is 0 Å². The van der Waals surface area contributed by atoms with Crippen LogP contribution in [-0.4, -0.2) is 46.8 Å². The predicted octanol–water partition coefficient (Wildman–Crippen LogP) is 2.95. The lowest BCUT2D eigenvalue weighted by atomic mass is 9.84. The fraction of sp³-hybridized carbons (Fsp3) is 0.600. The van der Waals surface area contributed by atoms with Gasteiger partial charge in [-0.3, -0.25) is 0 Å². The first kappa shape index (κ1) is 19.4. The van der Waals surface area contributed by atoms with Crippen LogP contribution in [0.15, 0.2) is 24.5 Å². The Kier molecular flexibility index (Phi) is 4.97. The topological polar surface area (TPSA) is 67.6 Å². The second-order valence-electron chi connectivity index (χ2n) is 8.41. The summed E-state index contributed by atoms with van der Waals surface area (Å²) in [5, 5.41) is 4.49. The molecular formula is C20H28BN3O4. The summed E-state index contributed by atoms with van der Waals surface area (Å²) >= 11 is 0. The molecule has 2 aromatic rings. The van der Waals surface area contributed by atoms with E-state index in [2.05, 4.69) is 10.1 Å². The van der Waals surface area contributed by atoms with E-state index in [4.69, 9.17) is 18.8 Å². The molecule has 1 unspecified atom stereocenters. The minimum absolute atomic E-state index is 0.00507. The summed E-state index contributed by atoms with van der Waals surface area (Å²) in [5.41, 5.74) is 1.70. The Morgan fingerprint density at radius 1 is 1.14 bits per heavy atom. The van der Waals surface area contributed by atoms with Crippen molar-refractivity contribution in [1.29, 1.82) is 0 Å². The van der Waals surface area contributed by atoms with Crippen molar-refractivity contribution in [3.8, 4) is 17.0 Å². The number of aromatic nitrogens is 3. The van der Waals surface area contributed by atoms with Crippen molar-refractivity contribution in [3.63, 3.8) is 0 Å². The third-order valence-corrected chi connectivity index (χ3v) is 5.93. The maximum atomic E-state index is 6.11. The molecule has 2 saturated heterocycles. The summed E-state index contributed by atoms with van der Waals surface area (Å²) in [7, 11) is 1.10. The van der Waals surface area contributed by atoms with E-state index in [0.717, 1.165) is 37.0 Å². The fourth-order valence-electron chi connectivity index (χ4n) is 3.49. The van der Waals surface area contributed by atoms with Gasteiger partial charge < -0.3 is 18.8 Å². The molecule has 0 aliphatic carbocycles. The summed E-state index contributed by atoms with van der Waals surface area (Å²) in [6, 6.07) is 3.91. The Hall–Kier alpha value is -1.90. The van der Waals surface area contributed by atoms with E-state index in [9.17, 15) is 0 Å². The number of pyridine rings is 1. The highest BCUT2D eigenvalue weighted by Gasteiger charge is 2.52. The van der Waals surface area contributed by atoms with E-state index < -0.39 is 18.3 Å². The largest absolute Gasteiger partial charge is 0.514 e. The molecule has 8 heteroatoms. The van der Waals surface area contributed by atoms with Crippen LogP contribution in [0.5, 0.6) is 5.88 Å². The third kappa shape index (κ3) is 3.45. The highest BCUT2D eigenvalue weighted by molar-refractivity contribution is 6.61. The average Bonchev–Trinajstić information content (AvgIpc) is 3.24. The van der Waals surface area contributed by atoms with E-state index in [1.165, 1.54) is 0 Å². The van der Waals surface area contributed by atoms with Crippen molar-refractivity contribution >= 4 is 12.7 Å². The van der Waals surface area contributed by atoms with Gasteiger partial charge in [-0.05, 0) is 59.1 Å². The zero-order valence-corrected chi connectivity index (χ0v) is 17.3. The fourth-order valence-corrected chi connectivity index (χ4v) is 3.49. The molecule has 1 atom stereocenters. The minimum Gasteiger partial charge on any atom is -0.481 e. The van der Waals surface area contributed by atoms with Crippen molar-refractivity contribution < 1.29 is 18.8 Å². The Morgan fingerprint density at radius 2 is 1.89 bits per heavy atom. The molecule has 0 saturated carbocycles. The van der Waals surface area contributed by atoms with Crippen LogP contribution < -0.4 is 10.3 Å². The SMILES string of the molecule is COc1nc(B2OC(C)(C)C(C)(C)O2)ccc1-c1cnn(C2CCCCO2)c1. The molecule has 2 aliphatic rings. The first-order chi connectivity index (χ1) is 13.3. The van der Waals surface area contributed by atoms with Crippen molar-refractivity contribution in [3.05, 3.63) is 24.5 Å². The minimum atomic E-state index is -0.522. The van der Waals surface area contributed by atoms with Crippen LogP contribution in [0.25, 0.3) is 11.1 Å². The molecule has 0 amide bonds. The van der Waals surface area contributed by atoms with Crippen molar-refractivity contribution in [2.75, 3.05) is 13.7 Å². The van der Waals surface area contributed by atoms with Crippen LogP contribution in [0, 0.1) is 0 Å². The van der Waals surface area contributed by atoms with Gasteiger partial charge in [0.25, 0.3) is 0 Å². The third-order valence-electron chi connectivity index (χ3n) is 5.93. The molecule has 0 spiro atoms. The number of methoxy groups -OCH3 is 1. The van der Waals surface area contributed by atoms with E-state index in [1.54, 1.807) is 7.11 Å². The second-order valence-corrected chi connectivity index (χ2v) is 8.41. The molecule has 7 nitrogen and oxygen atoms in total. The van der Waals surface area contributed by atoms with Crippen LogP contribution in [0.1, 0.15) is 53.2 Å². The standard InChI is InChI=1S/C20H28BN3O4/c1-19(2)20(3,4)28-21(27-19)16-10-9-15(18(23-16)25-5)14-12-22-24(13-14)17-8-6-7-11-26-17/h9-10,12-13,17H,6-8,11H2,1-5H3.